The number of likely N-dealkylation sites (N-methyl/N-ethyl adjacent to an activating group) is 1. The molecular formula is C16H13ClN4OS. The molecule has 3 rings (SSSR count). The Kier molecular flexibility index (Phi) is 4.73. The van der Waals surface area contributed by atoms with Gasteiger partial charge in [0.25, 0.3) is 5.91 Å². The van der Waals surface area contributed by atoms with Crippen molar-refractivity contribution in [1.29, 1.82) is 0 Å². The van der Waals surface area contributed by atoms with Crippen molar-refractivity contribution in [2.45, 2.75) is 6.92 Å². The van der Waals surface area contributed by atoms with Crippen LogP contribution in [-0.4, -0.2) is 32.5 Å². The zero-order chi connectivity index (χ0) is 16.2. The van der Waals surface area contributed by atoms with Gasteiger partial charge in [-0.1, -0.05) is 11.6 Å². The second-order valence-electron chi connectivity index (χ2n) is 4.66. The van der Waals surface area contributed by atoms with E-state index in [1.807, 2.05) is 25.1 Å². The Morgan fingerprint density at radius 2 is 2.00 bits per heavy atom. The molecule has 1 saturated heterocycles. The predicted octanol–water partition coefficient (Wildman–Crippen LogP) is 3.75. The first-order valence-corrected chi connectivity index (χ1v) is 8.18. The molecule has 1 aliphatic heterocycles. The largest absolute Gasteiger partial charge is 0.287 e. The summed E-state index contributed by atoms with van der Waals surface area (Å²) in [6.45, 7) is 2.46. The summed E-state index contributed by atoms with van der Waals surface area (Å²) in [5, 5.41) is 1.07. The number of halogens is 1. The highest BCUT2D eigenvalue weighted by atomic mass is 35.5. The van der Waals surface area contributed by atoms with Gasteiger partial charge in [0.1, 0.15) is 0 Å². The Balaban J connectivity index is 1.95. The number of hydrogen-bond donors (Lipinski definition) is 0. The highest BCUT2D eigenvalue weighted by Gasteiger charge is 2.32. The average Bonchev–Trinajstić information content (AvgIpc) is 2.85. The zero-order valence-corrected chi connectivity index (χ0v) is 13.9. The number of aliphatic imine (C=N–C) groups is 1. The second kappa shape index (κ2) is 6.93. The zero-order valence-electron chi connectivity index (χ0n) is 12.3. The molecule has 1 amide bonds. The number of rotatable bonds is 3. The van der Waals surface area contributed by atoms with Crippen LogP contribution in [0.4, 0.5) is 5.69 Å². The molecule has 2 aromatic heterocycles. The summed E-state index contributed by atoms with van der Waals surface area (Å²) in [5.41, 5.74) is 1.52. The van der Waals surface area contributed by atoms with Crippen LogP contribution in [0.15, 0.2) is 52.9 Å². The molecule has 3 heterocycles. The Morgan fingerprint density at radius 1 is 1.26 bits per heavy atom. The van der Waals surface area contributed by atoms with Gasteiger partial charge < -0.3 is 0 Å². The molecule has 0 bridgehead atoms. The maximum Gasteiger partial charge on any atom is 0.266 e. The molecule has 0 N–H and O–H groups in total. The third kappa shape index (κ3) is 3.43. The van der Waals surface area contributed by atoms with E-state index < -0.39 is 0 Å². The van der Waals surface area contributed by atoms with E-state index in [0.29, 0.717) is 27.3 Å². The highest BCUT2D eigenvalue weighted by molar-refractivity contribution is 8.18. The molecule has 7 heteroatoms. The molecule has 23 heavy (non-hydrogen) atoms. The van der Waals surface area contributed by atoms with Crippen LogP contribution in [-0.2, 0) is 4.79 Å². The van der Waals surface area contributed by atoms with Crippen LogP contribution < -0.4 is 0 Å². The molecule has 0 unspecified atom stereocenters. The van der Waals surface area contributed by atoms with Crippen LogP contribution in [0, 0.1) is 0 Å². The number of hydrogen-bond acceptors (Lipinski definition) is 5. The molecular weight excluding hydrogens is 332 g/mol. The summed E-state index contributed by atoms with van der Waals surface area (Å²) in [4.78, 5) is 27.2. The third-order valence-corrected chi connectivity index (χ3v) is 4.47. The van der Waals surface area contributed by atoms with Crippen molar-refractivity contribution in [2.24, 2.45) is 4.99 Å². The lowest BCUT2D eigenvalue weighted by molar-refractivity contribution is -0.122. The molecule has 5 nitrogen and oxygen atoms in total. The minimum Gasteiger partial charge on any atom is -0.287 e. The summed E-state index contributed by atoms with van der Waals surface area (Å²) < 4.78 is 0. The number of amides is 1. The molecule has 116 valence electrons. The number of aromatic nitrogens is 2. The Bertz CT molecular complexity index is 792. The van der Waals surface area contributed by atoms with E-state index in [9.17, 15) is 4.79 Å². The number of amidine groups is 1. The lowest BCUT2D eigenvalue weighted by Gasteiger charge is -2.12. The van der Waals surface area contributed by atoms with Crippen molar-refractivity contribution in [3.63, 3.8) is 0 Å². The second-order valence-corrected chi connectivity index (χ2v) is 6.08. The molecule has 0 radical (unpaired) electrons. The summed E-state index contributed by atoms with van der Waals surface area (Å²) in [5.74, 6) is -0.0572. The number of thioether (sulfide) groups is 1. The van der Waals surface area contributed by atoms with Crippen molar-refractivity contribution in [3.8, 4) is 0 Å². The van der Waals surface area contributed by atoms with Crippen LogP contribution in [0.3, 0.4) is 0 Å². The first kappa shape index (κ1) is 15.7. The predicted molar refractivity (Wildman–Crippen MR) is 93.5 cm³/mol. The lowest BCUT2D eigenvalue weighted by atomic mass is 10.2. The monoisotopic (exact) mass is 344 g/mol. The minimum atomic E-state index is -0.0572. The third-order valence-electron chi connectivity index (χ3n) is 3.18. The standard InChI is InChI=1S/C16H13ClN4OS/c1-2-21-15(22)14(9-11-3-6-18-7-4-11)23-16(21)20-13-5-8-19-10-12(13)17/h3-10H,2H2,1H3/b14-9-,20-16?. The number of carbonyl (C=O) groups excluding carboxylic acids is 1. The Hall–Kier alpha value is -2.18. The topological polar surface area (TPSA) is 58.5 Å². The van der Waals surface area contributed by atoms with Gasteiger partial charge >= 0.3 is 0 Å². The van der Waals surface area contributed by atoms with Crippen LogP contribution in [0.25, 0.3) is 6.08 Å². The van der Waals surface area contributed by atoms with Crippen LogP contribution in [0.2, 0.25) is 5.02 Å². The Morgan fingerprint density at radius 3 is 2.70 bits per heavy atom. The fraction of sp³-hybridized carbons (Fsp3) is 0.125. The SMILES string of the molecule is CCN1C(=O)/C(=C/c2ccncc2)SC1=Nc1ccncc1Cl. The van der Waals surface area contributed by atoms with Crippen molar-refractivity contribution in [3.05, 3.63) is 58.5 Å². The van der Waals surface area contributed by atoms with Gasteiger partial charge in [0.2, 0.25) is 0 Å². The molecule has 1 aliphatic rings. The van der Waals surface area contributed by atoms with Crippen molar-refractivity contribution < 1.29 is 4.79 Å². The number of carbonyl (C=O) groups is 1. The van der Waals surface area contributed by atoms with E-state index in [1.165, 1.54) is 18.0 Å². The van der Waals surface area contributed by atoms with E-state index in [0.717, 1.165) is 5.56 Å². The lowest BCUT2D eigenvalue weighted by Crippen LogP contribution is -2.28. The van der Waals surface area contributed by atoms with Crippen LogP contribution in [0.1, 0.15) is 12.5 Å². The first-order chi connectivity index (χ1) is 11.2. The van der Waals surface area contributed by atoms with Gasteiger partial charge in [-0.2, -0.15) is 0 Å². The van der Waals surface area contributed by atoms with E-state index in [1.54, 1.807) is 29.6 Å². The normalized spacial score (nSPS) is 18.2. The number of pyridine rings is 2. The van der Waals surface area contributed by atoms with Gasteiger partial charge in [0.15, 0.2) is 5.17 Å². The van der Waals surface area contributed by atoms with Crippen LogP contribution >= 0.6 is 23.4 Å². The molecule has 0 spiro atoms. The Labute approximate surface area is 143 Å². The maximum atomic E-state index is 12.5. The minimum absolute atomic E-state index is 0.0572. The van der Waals surface area contributed by atoms with Crippen molar-refractivity contribution in [2.75, 3.05) is 6.54 Å². The summed E-state index contributed by atoms with van der Waals surface area (Å²) in [6, 6.07) is 5.43. The maximum absolute atomic E-state index is 12.5. The van der Waals surface area contributed by atoms with Gasteiger partial charge in [-0.05, 0) is 48.5 Å². The molecule has 2 aromatic rings. The molecule has 1 fully saturated rings. The summed E-state index contributed by atoms with van der Waals surface area (Å²) in [7, 11) is 0. The van der Waals surface area contributed by atoms with E-state index in [4.69, 9.17) is 11.6 Å². The summed E-state index contributed by atoms with van der Waals surface area (Å²) in [6.07, 6.45) is 8.39. The van der Waals surface area contributed by atoms with Gasteiger partial charge in [-0.3, -0.25) is 19.7 Å². The van der Waals surface area contributed by atoms with E-state index >= 15 is 0 Å². The van der Waals surface area contributed by atoms with Gasteiger partial charge in [0.05, 0.1) is 15.6 Å². The summed E-state index contributed by atoms with van der Waals surface area (Å²) >= 11 is 7.43. The fourth-order valence-electron chi connectivity index (χ4n) is 2.04. The van der Waals surface area contributed by atoms with Crippen LogP contribution in [0.5, 0.6) is 0 Å². The first-order valence-electron chi connectivity index (χ1n) is 6.98. The van der Waals surface area contributed by atoms with E-state index in [-0.39, 0.29) is 5.91 Å². The molecule has 0 saturated carbocycles. The number of nitrogens with zero attached hydrogens (tertiary/aromatic N) is 4. The van der Waals surface area contributed by atoms with E-state index in [2.05, 4.69) is 15.0 Å². The van der Waals surface area contributed by atoms with Gasteiger partial charge in [0, 0.05) is 31.3 Å². The van der Waals surface area contributed by atoms with Crippen molar-refractivity contribution >= 4 is 46.2 Å². The quantitative estimate of drug-likeness (QED) is 0.795. The van der Waals surface area contributed by atoms with Gasteiger partial charge in [-0.25, -0.2) is 4.99 Å². The highest BCUT2D eigenvalue weighted by Crippen LogP contribution is 2.35. The smallest absolute Gasteiger partial charge is 0.266 e. The fourth-order valence-corrected chi connectivity index (χ4v) is 3.26. The molecule has 0 aliphatic carbocycles. The average molecular weight is 345 g/mol. The van der Waals surface area contributed by atoms with Gasteiger partial charge in [-0.15, -0.1) is 0 Å². The molecule has 0 atom stereocenters. The molecule has 0 aromatic carbocycles. The van der Waals surface area contributed by atoms with Crippen molar-refractivity contribution in [1.82, 2.24) is 14.9 Å².